The van der Waals surface area contributed by atoms with Gasteiger partial charge in [-0.05, 0) is 6.07 Å². The number of nitriles is 1. The van der Waals surface area contributed by atoms with Gasteiger partial charge in [0.15, 0.2) is 0 Å². The zero-order chi connectivity index (χ0) is 10.6. The maximum absolute atomic E-state index is 12.8. The molecule has 4 heteroatoms. The summed E-state index contributed by atoms with van der Waals surface area (Å²) < 4.78 is 17.8. The van der Waals surface area contributed by atoms with E-state index in [1.54, 1.807) is 0 Å². The summed E-state index contributed by atoms with van der Waals surface area (Å²) in [5.41, 5.74) is 6.36. The summed E-state index contributed by atoms with van der Waals surface area (Å²) in [5, 5.41) is 8.47. The largest absolute Gasteiger partial charge is 0.496 e. The molecular formula is C10H11FN2O. The van der Waals surface area contributed by atoms with Crippen LogP contribution in [0.3, 0.4) is 0 Å². The summed E-state index contributed by atoms with van der Waals surface area (Å²) in [6.45, 7) is 0. The second kappa shape index (κ2) is 4.58. The van der Waals surface area contributed by atoms with E-state index in [0.29, 0.717) is 11.3 Å². The molecule has 0 amide bonds. The summed E-state index contributed by atoms with van der Waals surface area (Å²) in [6.07, 6.45) is 0.183. The average molecular weight is 194 g/mol. The number of benzene rings is 1. The van der Waals surface area contributed by atoms with Crippen molar-refractivity contribution >= 4 is 0 Å². The fourth-order valence-corrected chi connectivity index (χ4v) is 1.20. The van der Waals surface area contributed by atoms with E-state index < -0.39 is 6.04 Å². The van der Waals surface area contributed by atoms with E-state index in [1.807, 2.05) is 6.07 Å². The highest BCUT2D eigenvalue weighted by Crippen LogP contribution is 2.25. The molecule has 0 aliphatic heterocycles. The van der Waals surface area contributed by atoms with Gasteiger partial charge in [0.25, 0.3) is 0 Å². The Balaban J connectivity index is 3.02. The summed E-state index contributed by atoms with van der Waals surface area (Å²) in [7, 11) is 1.44. The van der Waals surface area contributed by atoms with E-state index in [2.05, 4.69) is 0 Å². The van der Waals surface area contributed by atoms with Gasteiger partial charge in [-0.1, -0.05) is 6.07 Å². The maximum atomic E-state index is 12.8. The number of nitrogens with two attached hydrogens (primary N) is 1. The highest BCUT2D eigenvalue weighted by Gasteiger charge is 2.11. The first-order valence-corrected chi connectivity index (χ1v) is 4.15. The second-order valence-electron chi connectivity index (χ2n) is 2.86. The second-order valence-corrected chi connectivity index (χ2v) is 2.86. The van der Waals surface area contributed by atoms with Gasteiger partial charge in [0.1, 0.15) is 11.6 Å². The first-order chi connectivity index (χ1) is 6.69. The van der Waals surface area contributed by atoms with Crippen LogP contribution in [0.5, 0.6) is 5.75 Å². The van der Waals surface area contributed by atoms with Crippen molar-refractivity contribution in [2.45, 2.75) is 12.5 Å². The highest BCUT2D eigenvalue weighted by molar-refractivity contribution is 5.36. The Bertz CT molecular complexity index is 360. The van der Waals surface area contributed by atoms with Crippen molar-refractivity contribution in [3.05, 3.63) is 29.6 Å². The molecule has 0 aliphatic rings. The third kappa shape index (κ3) is 2.21. The first-order valence-electron chi connectivity index (χ1n) is 4.15. The summed E-state index contributed by atoms with van der Waals surface area (Å²) >= 11 is 0. The highest BCUT2D eigenvalue weighted by atomic mass is 19.1. The van der Waals surface area contributed by atoms with Crippen LogP contribution in [0.25, 0.3) is 0 Å². The smallest absolute Gasteiger partial charge is 0.126 e. The van der Waals surface area contributed by atoms with Gasteiger partial charge >= 0.3 is 0 Å². The maximum Gasteiger partial charge on any atom is 0.126 e. The van der Waals surface area contributed by atoms with Crippen LogP contribution in [0.1, 0.15) is 18.0 Å². The third-order valence-corrected chi connectivity index (χ3v) is 1.91. The van der Waals surface area contributed by atoms with Crippen LogP contribution >= 0.6 is 0 Å². The Morgan fingerprint density at radius 3 is 2.93 bits per heavy atom. The van der Waals surface area contributed by atoms with Crippen molar-refractivity contribution in [2.24, 2.45) is 5.73 Å². The predicted molar refractivity (Wildman–Crippen MR) is 50.1 cm³/mol. The lowest BCUT2D eigenvalue weighted by molar-refractivity contribution is 0.402. The fraction of sp³-hybridized carbons (Fsp3) is 0.300. The van der Waals surface area contributed by atoms with Crippen molar-refractivity contribution < 1.29 is 9.13 Å². The summed E-state index contributed by atoms with van der Waals surface area (Å²) in [5.74, 6) is 0.00232. The standard InChI is InChI=1S/C10H11FN2O/c1-14-10-6-7(11)2-3-8(10)9(13)4-5-12/h2-3,6,9H,4,13H2,1H3/t9-/m1/s1. The normalized spacial score (nSPS) is 11.9. The minimum atomic E-state index is -0.435. The lowest BCUT2D eigenvalue weighted by Crippen LogP contribution is -2.10. The zero-order valence-corrected chi connectivity index (χ0v) is 7.83. The molecule has 2 N–H and O–H groups in total. The van der Waals surface area contributed by atoms with Crippen LogP contribution in [0.4, 0.5) is 4.39 Å². The van der Waals surface area contributed by atoms with Crippen molar-refractivity contribution in [3.8, 4) is 11.8 Å². The van der Waals surface area contributed by atoms with Crippen LogP contribution < -0.4 is 10.5 Å². The molecule has 0 unspecified atom stereocenters. The van der Waals surface area contributed by atoms with Crippen LogP contribution in [-0.2, 0) is 0 Å². The Morgan fingerprint density at radius 2 is 2.36 bits per heavy atom. The van der Waals surface area contributed by atoms with Gasteiger partial charge in [0.2, 0.25) is 0 Å². The molecule has 74 valence electrons. The number of nitrogens with zero attached hydrogens (tertiary/aromatic N) is 1. The van der Waals surface area contributed by atoms with Gasteiger partial charge in [-0.2, -0.15) is 5.26 Å². The van der Waals surface area contributed by atoms with Crippen molar-refractivity contribution in [1.82, 2.24) is 0 Å². The first kappa shape index (κ1) is 10.5. The van der Waals surface area contributed by atoms with Crippen molar-refractivity contribution in [1.29, 1.82) is 5.26 Å². The number of methoxy groups -OCH3 is 1. The Kier molecular flexibility index (Phi) is 3.43. The van der Waals surface area contributed by atoms with Crippen LogP contribution in [0.15, 0.2) is 18.2 Å². The molecule has 1 atom stereocenters. The van der Waals surface area contributed by atoms with Gasteiger partial charge in [-0.3, -0.25) is 0 Å². The van der Waals surface area contributed by atoms with E-state index in [0.717, 1.165) is 0 Å². The molecule has 0 radical (unpaired) electrons. The molecule has 1 aromatic carbocycles. The van der Waals surface area contributed by atoms with Gasteiger partial charge in [-0.15, -0.1) is 0 Å². The molecule has 1 aromatic rings. The molecule has 0 saturated carbocycles. The van der Waals surface area contributed by atoms with E-state index >= 15 is 0 Å². The van der Waals surface area contributed by atoms with Crippen LogP contribution in [0.2, 0.25) is 0 Å². The number of halogens is 1. The van der Waals surface area contributed by atoms with E-state index in [1.165, 1.54) is 25.3 Å². The van der Waals surface area contributed by atoms with Crippen LogP contribution in [-0.4, -0.2) is 7.11 Å². The SMILES string of the molecule is COc1cc(F)ccc1[C@H](N)CC#N. The average Bonchev–Trinajstić information content (AvgIpc) is 2.17. The minimum Gasteiger partial charge on any atom is -0.496 e. The van der Waals surface area contributed by atoms with Gasteiger partial charge in [-0.25, -0.2) is 4.39 Å². The molecule has 3 nitrogen and oxygen atoms in total. The molecule has 1 rings (SSSR count). The molecule has 14 heavy (non-hydrogen) atoms. The number of hydrogen-bond acceptors (Lipinski definition) is 3. The molecule has 0 spiro atoms. The Labute approximate surface area is 81.9 Å². The lowest BCUT2D eigenvalue weighted by atomic mass is 10.0. The zero-order valence-electron chi connectivity index (χ0n) is 7.83. The van der Waals surface area contributed by atoms with Crippen LogP contribution in [0, 0.1) is 17.1 Å². The van der Waals surface area contributed by atoms with Gasteiger partial charge < -0.3 is 10.5 Å². The molecule has 0 fully saturated rings. The van der Waals surface area contributed by atoms with E-state index in [4.69, 9.17) is 15.7 Å². The number of rotatable bonds is 3. The minimum absolute atomic E-state index is 0.183. The topological polar surface area (TPSA) is 59.0 Å². The number of ether oxygens (including phenoxy) is 1. The third-order valence-electron chi connectivity index (χ3n) is 1.91. The fourth-order valence-electron chi connectivity index (χ4n) is 1.20. The molecule has 0 aromatic heterocycles. The summed E-state index contributed by atoms with van der Waals surface area (Å²) in [4.78, 5) is 0. The Morgan fingerprint density at radius 1 is 1.64 bits per heavy atom. The number of hydrogen-bond donors (Lipinski definition) is 1. The van der Waals surface area contributed by atoms with E-state index in [-0.39, 0.29) is 12.2 Å². The molecule has 0 bridgehead atoms. The molecular weight excluding hydrogens is 183 g/mol. The van der Waals surface area contributed by atoms with Gasteiger partial charge in [0, 0.05) is 17.7 Å². The lowest BCUT2D eigenvalue weighted by Gasteiger charge is -2.12. The Hall–Kier alpha value is -1.60. The molecule has 0 aliphatic carbocycles. The van der Waals surface area contributed by atoms with Crippen molar-refractivity contribution in [2.75, 3.05) is 7.11 Å². The van der Waals surface area contributed by atoms with E-state index in [9.17, 15) is 4.39 Å². The summed E-state index contributed by atoms with van der Waals surface area (Å²) in [6, 6.07) is 5.62. The quantitative estimate of drug-likeness (QED) is 0.797. The predicted octanol–water partition coefficient (Wildman–Crippen LogP) is 1.75. The molecule has 0 saturated heterocycles. The molecule has 0 heterocycles. The monoisotopic (exact) mass is 194 g/mol. The van der Waals surface area contributed by atoms with Crippen molar-refractivity contribution in [3.63, 3.8) is 0 Å². The van der Waals surface area contributed by atoms with Gasteiger partial charge in [0.05, 0.1) is 19.6 Å².